The highest BCUT2D eigenvalue weighted by Gasteiger charge is 2.16. The minimum atomic E-state index is -0.378. The van der Waals surface area contributed by atoms with Gasteiger partial charge in [0.05, 0.1) is 0 Å². The van der Waals surface area contributed by atoms with E-state index in [2.05, 4.69) is 4.98 Å². The molecule has 22 heavy (non-hydrogen) atoms. The van der Waals surface area contributed by atoms with Crippen molar-refractivity contribution < 1.29 is 10.5 Å². The molecule has 1 saturated heterocycles. The van der Waals surface area contributed by atoms with Gasteiger partial charge in [0.15, 0.2) is 0 Å². The molecule has 0 unspecified atom stereocenters. The minimum Gasteiger partial charge on any atom is -0.473 e. The van der Waals surface area contributed by atoms with Gasteiger partial charge in [0.25, 0.3) is 0 Å². The molecule has 0 saturated carbocycles. The molecule has 1 aromatic heterocycles. The van der Waals surface area contributed by atoms with E-state index >= 15 is 0 Å². The third-order valence-corrected chi connectivity index (χ3v) is 4.06. The standard InChI is InChI=1S/C17H18ClFN2O/c18-14-5-4-13(15(19)10-14)11-22-17-3-1-2-16(21-17)12-6-8-20-9-7-12/h1-5,10,12,20H,6-9,11H2/i/hD. The molecule has 1 aliphatic rings. The van der Waals surface area contributed by atoms with Gasteiger partial charge in [0, 0.05) is 28.3 Å². The molecule has 3 nitrogen and oxygen atoms in total. The van der Waals surface area contributed by atoms with Crippen LogP contribution in [0.15, 0.2) is 36.4 Å². The van der Waals surface area contributed by atoms with Gasteiger partial charge in [-0.1, -0.05) is 23.7 Å². The number of piperidine rings is 1. The lowest BCUT2D eigenvalue weighted by atomic mass is 9.94. The van der Waals surface area contributed by atoms with Crippen LogP contribution in [-0.4, -0.2) is 18.1 Å². The van der Waals surface area contributed by atoms with Gasteiger partial charge in [-0.25, -0.2) is 9.37 Å². The molecular formula is C17H18ClFN2O. The molecule has 3 rings (SSSR count). The second-order valence-electron chi connectivity index (χ2n) is 5.37. The molecule has 2 heterocycles. The van der Waals surface area contributed by atoms with E-state index in [1.807, 2.05) is 12.1 Å². The summed E-state index contributed by atoms with van der Waals surface area (Å²) in [6.07, 6.45) is 1.84. The van der Waals surface area contributed by atoms with Crippen molar-refractivity contribution in [2.24, 2.45) is 0 Å². The average Bonchev–Trinajstić information content (AvgIpc) is 2.55. The van der Waals surface area contributed by atoms with E-state index in [0.29, 0.717) is 22.4 Å². The Kier molecular flexibility index (Phi) is 4.49. The number of ether oxygens (including phenoxy) is 1. The van der Waals surface area contributed by atoms with Gasteiger partial charge in [-0.15, -0.1) is 0 Å². The predicted molar refractivity (Wildman–Crippen MR) is 84.8 cm³/mol. The molecular weight excluding hydrogens is 303 g/mol. The van der Waals surface area contributed by atoms with E-state index in [4.69, 9.17) is 17.7 Å². The van der Waals surface area contributed by atoms with Crippen molar-refractivity contribution in [1.29, 1.82) is 0 Å². The Hall–Kier alpha value is -1.65. The number of hydrogen-bond acceptors (Lipinski definition) is 3. The number of benzene rings is 1. The lowest BCUT2D eigenvalue weighted by Gasteiger charge is -2.22. The summed E-state index contributed by atoms with van der Waals surface area (Å²) in [7, 11) is 0. The molecule has 0 radical (unpaired) electrons. The third kappa shape index (κ3) is 3.76. The summed E-state index contributed by atoms with van der Waals surface area (Å²) in [5.74, 6) is 0.467. The first-order valence-corrected chi connectivity index (χ1v) is 7.77. The van der Waals surface area contributed by atoms with Crippen LogP contribution >= 0.6 is 11.6 Å². The quantitative estimate of drug-likeness (QED) is 0.926. The number of nitrogens with zero attached hydrogens (tertiary/aromatic N) is 1. The summed E-state index contributed by atoms with van der Waals surface area (Å²) in [6.45, 7) is 1.63. The normalized spacial score (nSPS) is 17.3. The Balaban J connectivity index is 1.65. The van der Waals surface area contributed by atoms with Gasteiger partial charge >= 0.3 is 0 Å². The first-order chi connectivity index (χ1) is 11.1. The number of hydrogen-bond donors (Lipinski definition) is 1. The van der Waals surface area contributed by atoms with Gasteiger partial charge in [0.1, 0.15) is 13.8 Å². The average molecular weight is 322 g/mol. The van der Waals surface area contributed by atoms with Crippen molar-refractivity contribution in [2.75, 3.05) is 13.1 Å². The van der Waals surface area contributed by atoms with Crippen LogP contribution in [0.25, 0.3) is 0 Å². The summed E-state index contributed by atoms with van der Waals surface area (Å²) >= 11 is 5.74. The maximum Gasteiger partial charge on any atom is 0.213 e. The van der Waals surface area contributed by atoms with Crippen LogP contribution in [0.2, 0.25) is 6.43 Å². The molecule has 5 heteroatoms. The second-order valence-corrected chi connectivity index (χ2v) is 5.81. The summed E-state index contributed by atoms with van der Waals surface area (Å²) in [5, 5.41) is 1.95. The number of aromatic nitrogens is 1. The predicted octanol–water partition coefficient (Wildman–Crippen LogP) is 3.92. The topological polar surface area (TPSA) is 34.1 Å². The van der Waals surface area contributed by atoms with Crippen LogP contribution in [-0.2, 0) is 6.61 Å². The zero-order valence-corrected chi connectivity index (χ0v) is 12.9. The maximum atomic E-state index is 13.8. The lowest BCUT2D eigenvalue weighted by Crippen LogP contribution is -2.27. The van der Waals surface area contributed by atoms with E-state index in [-0.39, 0.29) is 12.4 Å². The minimum absolute atomic E-state index is 0.116. The Morgan fingerprint density at radius 3 is 2.91 bits per heavy atom. The number of nitrogens with one attached hydrogen (secondary N) is 1. The first kappa shape index (κ1) is 14.0. The van der Waals surface area contributed by atoms with Crippen LogP contribution in [0.3, 0.4) is 0 Å². The fourth-order valence-corrected chi connectivity index (χ4v) is 2.73. The molecule has 116 valence electrons. The molecule has 0 amide bonds. The summed E-state index contributed by atoms with van der Waals surface area (Å²) in [6, 6.07) is 10.2. The van der Waals surface area contributed by atoms with E-state index in [0.717, 1.165) is 31.6 Å². The molecule has 0 atom stereocenters. The zero-order chi connectivity index (χ0) is 16.2. The fourth-order valence-electron chi connectivity index (χ4n) is 2.58. The van der Waals surface area contributed by atoms with Crippen molar-refractivity contribution in [1.82, 2.24) is 10.3 Å². The highest BCUT2D eigenvalue weighted by atomic mass is 35.5. The van der Waals surface area contributed by atoms with Gasteiger partial charge in [-0.2, -0.15) is 0 Å². The van der Waals surface area contributed by atoms with Crippen molar-refractivity contribution >= 4 is 11.6 Å². The number of halogens is 2. The SMILES string of the molecule is [2H]N1CCC(c2cccc(OCc3ccc(Cl)cc3F)n2)CC1. The van der Waals surface area contributed by atoms with Crippen molar-refractivity contribution in [3.05, 3.63) is 58.5 Å². The highest BCUT2D eigenvalue weighted by Crippen LogP contribution is 2.25. The van der Waals surface area contributed by atoms with Crippen molar-refractivity contribution in [2.45, 2.75) is 25.4 Å². The molecule has 1 N–H and O–H groups in total. The van der Waals surface area contributed by atoms with E-state index in [9.17, 15) is 4.39 Å². The second kappa shape index (κ2) is 7.07. The van der Waals surface area contributed by atoms with Crippen LogP contribution in [0.1, 0.15) is 30.0 Å². The Morgan fingerprint density at radius 1 is 1.32 bits per heavy atom. The molecule has 0 aliphatic carbocycles. The van der Waals surface area contributed by atoms with Gasteiger partial charge < -0.3 is 10.0 Å². The molecule has 1 aromatic carbocycles. The van der Waals surface area contributed by atoms with Crippen LogP contribution in [0, 0.1) is 5.82 Å². The Bertz CT molecular complexity index is 677. The monoisotopic (exact) mass is 321 g/mol. The Labute approximate surface area is 135 Å². The largest absolute Gasteiger partial charge is 0.473 e. The molecule has 0 spiro atoms. The number of rotatable bonds is 4. The van der Waals surface area contributed by atoms with Crippen LogP contribution < -0.4 is 10.0 Å². The molecule has 0 bridgehead atoms. The molecule has 1 fully saturated rings. The fraction of sp³-hybridized carbons (Fsp3) is 0.353. The Morgan fingerprint density at radius 2 is 2.14 bits per heavy atom. The lowest BCUT2D eigenvalue weighted by molar-refractivity contribution is 0.286. The molecule has 2 aromatic rings. The highest BCUT2D eigenvalue weighted by molar-refractivity contribution is 6.30. The first-order valence-electron chi connectivity index (χ1n) is 7.84. The zero-order valence-electron chi connectivity index (χ0n) is 13.1. The van der Waals surface area contributed by atoms with Crippen molar-refractivity contribution in [3.63, 3.8) is 0 Å². The smallest absolute Gasteiger partial charge is 0.213 e. The van der Waals surface area contributed by atoms with E-state index < -0.39 is 0 Å². The molecule has 1 aliphatic heterocycles. The summed E-state index contributed by atoms with van der Waals surface area (Å²) in [4.78, 5) is 4.53. The summed E-state index contributed by atoms with van der Waals surface area (Å²) in [5.41, 5.74) is 1.43. The van der Waals surface area contributed by atoms with Crippen LogP contribution in [0.4, 0.5) is 4.39 Å². The third-order valence-electron chi connectivity index (χ3n) is 3.83. The van der Waals surface area contributed by atoms with Gasteiger partial charge in [-0.05, 0) is 44.1 Å². The maximum absolute atomic E-state index is 13.8. The van der Waals surface area contributed by atoms with E-state index in [1.165, 1.54) is 6.07 Å². The van der Waals surface area contributed by atoms with E-state index in [1.54, 1.807) is 23.5 Å². The number of pyridine rings is 1. The van der Waals surface area contributed by atoms with Gasteiger partial charge in [0.2, 0.25) is 5.88 Å². The van der Waals surface area contributed by atoms with Gasteiger partial charge in [-0.3, -0.25) is 0 Å². The van der Waals surface area contributed by atoms with Crippen molar-refractivity contribution in [3.8, 4) is 5.88 Å². The van der Waals surface area contributed by atoms with Crippen LogP contribution in [0.5, 0.6) is 5.88 Å². The summed E-state index contributed by atoms with van der Waals surface area (Å²) < 4.78 is 27.0.